The van der Waals surface area contributed by atoms with Crippen LogP contribution >= 0.6 is 0 Å². The summed E-state index contributed by atoms with van der Waals surface area (Å²) in [5.74, 6) is 6.34. The molecule has 0 radical (unpaired) electrons. The molecule has 4 heteroatoms. The number of aromatic nitrogens is 2. The Bertz CT molecular complexity index is 475. The molecule has 0 aliphatic carbocycles. The summed E-state index contributed by atoms with van der Waals surface area (Å²) in [4.78, 5) is 0. The van der Waals surface area contributed by atoms with Gasteiger partial charge in [0.2, 0.25) is 0 Å². The van der Waals surface area contributed by atoms with Gasteiger partial charge in [-0.3, -0.25) is 11.3 Å². The van der Waals surface area contributed by atoms with Crippen LogP contribution in [0.25, 0.3) is 5.52 Å². The number of pyridine rings is 1. The molecule has 2 aromatic rings. The SMILES string of the molecule is CC(C)CCC(NN)c1cnn2ccccc12. The second-order valence-corrected chi connectivity index (χ2v) is 4.82. The van der Waals surface area contributed by atoms with Crippen LogP contribution in [0.4, 0.5) is 0 Å². The topological polar surface area (TPSA) is 55.3 Å². The van der Waals surface area contributed by atoms with E-state index in [0.29, 0.717) is 5.92 Å². The van der Waals surface area contributed by atoms with Crippen LogP contribution in [-0.4, -0.2) is 9.61 Å². The summed E-state index contributed by atoms with van der Waals surface area (Å²) in [6.45, 7) is 4.45. The van der Waals surface area contributed by atoms with E-state index in [1.54, 1.807) is 0 Å². The minimum atomic E-state index is 0.178. The van der Waals surface area contributed by atoms with Crippen molar-refractivity contribution in [2.75, 3.05) is 0 Å². The first-order valence-corrected chi connectivity index (χ1v) is 6.10. The minimum absolute atomic E-state index is 0.178. The number of nitrogens with one attached hydrogen (secondary N) is 1. The van der Waals surface area contributed by atoms with Crippen LogP contribution in [0.15, 0.2) is 30.6 Å². The standard InChI is InChI=1S/C13H20N4/c1-10(2)6-7-12(16-14)11-9-15-17-8-4-3-5-13(11)17/h3-5,8-10,12,16H,6-7,14H2,1-2H3. The highest BCUT2D eigenvalue weighted by Gasteiger charge is 2.15. The summed E-state index contributed by atoms with van der Waals surface area (Å²) >= 11 is 0. The summed E-state index contributed by atoms with van der Waals surface area (Å²) in [5.41, 5.74) is 5.20. The summed E-state index contributed by atoms with van der Waals surface area (Å²) in [5, 5.41) is 4.34. The van der Waals surface area contributed by atoms with E-state index in [-0.39, 0.29) is 6.04 Å². The van der Waals surface area contributed by atoms with Crippen LogP contribution in [-0.2, 0) is 0 Å². The highest BCUT2D eigenvalue weighted by Crippen LogP contribution is 2.23. The maximum Gasteiger partial charge on any atom is 0.0709 e. The molecule has 0 fully saturated rings. The predicted octanol–water partition coefficient (Wildman–Crippen LogP) is 2.27. The average molecular weight is 232 g/mol. The summed E-state index contributed by atoms with van der Waals surface area (Å²) in [7, 11) is 0. The number of nitrogens with zero attached hydrogens (tertiary/aromatic N) is 2. The molecule has 3 N–H and O–H groups in total. The molecule has 92 valence electrons. The fraction of sp³-hybridized carbons (Fsp3) is 0.462. The first kappa shape index (κ1) is 12.1. The molecule has 0 spiro atoms. The lowest BCUT2D eigenvalue weighted by atomic mass is 9.99. The number of nitrogens with two attached hydrogens (primary N) is 1. The van der Waals surface area contributed by atoms with Crippen molar-refractivity contribution in [1.29, 1.82) is 0 Å². The van der Waals surface area contributed by atoms with E-state index in [4.69, 9.17) is 5.84 Å². The van der Waals surface area contributed by atoms with Gasteiger partial charge in [-0.05, 0) is 30.9 Å². The van der Waals surface area contributed by atoms with E-state index in [0.717, 1.165) is 18.4 Å². The number of rotatable bonds is 5. The Kier molecular flexibility index (Phi) is 3.76. The van der Waals surface area contributed by atoms with Gasteiger partial charge in [0.05, 0.1) is 11.7 Å². The Morgan fingerprint density at radius 3 is 2.88 bits per heavy atom. The lowest BCUT2D eigenvalue weighted by Gasteiger charge is -2.16. The van der Waals surface area contributed by atoms with Crippen molar-refractivity contribution in [3.63, 3.8) is 0 Å². The molecule has 2 rings (SSSR count). The van der Waals surface area contributed by atoms with E-state index < -0.39 is 0 Å². The zero-order valence-corrected chi connectivity index (χ0v) is 10.4. The molecule has 0 aromatic carbocycles. The number of fused-ring (bicyclic) bond motifs is 1. The van der Waals surface area contributed by atoms with Crippen molar-refractivity contribution in [3.8, 4) is 0 Å². The molecule has 2 heterocycles. The number of hydrogen-bond acceptors (Lipinski definition) is 3. The highest BCUT2D eigenvalue weighted by molar-refractivity contribution is 5.54. The molecule has 1 unspecified atom stereocenters. The largest absolute Gasteiger partial charge is 0.271 e. The lowest BCUT2D eigenvalue weighted by molar-refractivity contribution is 0.450. The fourth-order valence-corrected chi connectivity index (χ4v) is 2.05. The van der Waals surface area contributed by atoms with E-state index >= 15 is 0 Å². The average Bonchev–Trinajstić information content (AvgIpc) is 2.74. The quantitative estimate of drug-likeness (QED) is 0.614. The number of hydrogen-bond donors (Lipinski definition) is 2. The zero-order valence-electron chi connectivity index (χ0n) is 10.4. The molecule has 0 saturated carbocycles. The van der Waals surface area contributed by atoms with Crippen molar-refractivity contribution in [1.82, 2.24) is 15.0 Å². The van der Waals surface area contributed by atoms with Gasteiger partial charge in [0.25, 0.3) is 0 Å². The van der Waals surface area contributed by atoms with Gasteiger partial charge in [0.1, 0.15) is 0 Å². The van der Waals surface area contributed by atoms with Gasteiger partial charge in [0.15, 0.2) is 0 Å². The minimum Gasteiger partial charge on any atom is -0.271 e. The normalized spacial score (nSPS) is 13.4. The first-order valence-electron chi connectivity index (χ1n) is 6.10. The van der Waals surface area contributed by atoms with E-state index in [1.165, 1.54) is 5.56 Å². The zero-order chi connectivity index (χ0) is 12.3. The summed E-state index contributed by atoms with van der Waals surface area (Å²) in [6.07, 6.45) is 6.04. The van der Waals surface area contributed by atoms with Crippen LogP contribution in [0.1, 0.15) is 38.3 Å². The Hall–Kier alpha value is -1.39. The maximum atomic E-state index is 5.65. The lowest BCUT2D eigenvalue weighted by Crippen LogP contribution is -2.28. The van der Waals surface area contributed by atoms with Crippen molar-refractivity contribution >= 4 is 5.52 Å². The number of hydrazine groups is 1. The molecule has 0 aliphatic heterocycles. The van der Waals surface area contributed by atoms with Gasteiger partial charge < -0.3 is 0 Å². The summed E-state index contributed by atoms with van der Waals surface area (Å²) < 4.78 is 1.88. The maximum absolute atomic E-state index is 5.65. The Morgan fingerprint density at radius 2 is 2.18 bits per heavy atom. The third kappa shape index (κ3) is 2.65. The van der Waals surface area contributed by atoms with E-state index in [2.05, 4.69) is 30.4 Å². The van der Waals surface area contributed by atoms with Crippen LogP contribution in [0, 0.1) is 5.92 Å². The second-order valence-electron chi connectivity index (χ2n) is 4.82. The van der Waals surface area contributed by atoms with Gasteiger partial charge >= 0.3 is 0 Å². The van der Waals surface area contributed by atoms with Crippen LogP contribution in [0.5, 0.6) is 0 Å². The molecular formula is C13H20N4. The van der Waals surface area contributed by atoms with Crippen molar-refractivity contribution < 1.29 is 0 Å². The van der Waals surface area contributed by atoms with Crippen LogP contribution in [0.2, 0.25) is 0 Å². The third-order valence-corrected chi connectivity index (χ3v) is 3.07. The monoisotopic (exact) mass is 232 g/mol. The molecule has 4 nitrogen and oxygen atoms in total. The Balaban J connectivity index is 2.24. The Morgan fingerprint density at radius 1 is 1.35 bits per heavy atom. The molecule has 0 aliphatic rings. The second kappa shape index (κ2) is 5.29. The van der Waals surface area contributed by atoms with Gasteiger partial charge in [-0.25, -0.2) is 4.52 Å². The van der Waals surface area contributed by atoms with Crippen LogP contribution < -0.4 is 11.3 Å². The Labute approximate surface area is 102 Å². The van der Waals surface area contributed by atoms with E-state index in [1.807, 2.05) is 29.0 Å². The molecular weight excluding hydrogens is 212 g/mol. The first-order chi connectivity index (χ1) is 8.22. The summed E-state index contributed by atoms with van der Waals surface area (Å²) in [6, 6.07) is 6.25. The van der Waals surface area contributed by atoms with Gasteiger partial charge in [0, 0.05) is 17.8 Å². The van der Waals surface area contributed by atoms with Gasteiger partial charge in [-0.15, -0.1) is 0 Å². The molecule has 0 saturated heterocycles. The molecule has 0 bridgehead atoms. The molecule has 1 atom stereocenters. The highest BCUT2D eigenvalue weighted by atomic mass is 15.3. The van der Waals surface area contributed by atoms with Gasteiger partial charge in [-0.2, -0.15) is 5.10 Å². The van der Waals surface area contributed by atoms with E-state index in [9.17, 15) is 0 Å². The van der Waals surface area contributed by atoms with Crippen molar-refractivity contribution in [2.45, 2.75) is 32.7 Å². The van der Waals surface area contributed by atoms with Crippen molar-refractivity contribution in [2.24, 2.45) is 11.8 Å². The fourth-order valence-electron chi connectivity index (χ4n) is 2.05. The smallest absolute Gasteiger partial charge is 0.0709 e. The third-order valence-electron chi connectivity index (χ3n) is 3.07. The molecule has 2 aromatic heterocycles. The van der Waals surface area contributed by atoms with Crippen LogP contribution in [0.3, 0.4) is 0 Å². The van der Waals surface area contributed by atoms with Gasteiger partial charge in [-0.1, -0.05) is 19.9 Å². The van der Waals surface area contributed by atoms with Crippen molar-refractivity contribution in [3.05, 3.63) is 36.2 Å². The predicted molar refractivity (Wildman–Crippen MR) is 69.3 cm³/mol. The molecule has 17 heavy (non-hydrogen) atoms. The molecule has 0 amide bonds.